The zero-order chi connectivity index (χ0) is 21.9. The van der Waals surface area contributed by atoms with Crippen molar-refractivity contribution >= 4 is 17.4 Å². The third-order valence-corrected chi connectivity index (χ3v) is 5.03. The van der Waals surface area contributed by atoms with E-state index in [1.54, 1.807) is 30.3 Å². The van der Waals surface area contributed by atoms with Crippen LogP contribution in [0.25, 0.3) is 0 Å². The topological polar surface area (TPSA) is 75.6 Å². The summed E-state index contributed by atoms with van der Waals surface area (Å²) in [5, 5.41) is 14.2. The number of ether oxygens (including phenoxy) is 1. The molecule has 0 saturated carbocycles. The lowest BCUT2D eigenvalue weighted by molar-refractivity contribution is 0.0494. The van der Waals surface area contributed by atoms with E-state index >= 15 is 0 Å². The highest BCUT2D eigenvalue weighted by Gasteiger charge is 2.27. The first-order valence-electron chi connectivity index (χ1n) is 10.9. The molecule has 0 aromatic heterocycles. The molecule has 0 aliphatic rings. The van der Waals surface area contributed by atoms with Gasteiger partial charge in [0.05, 0.1) is 23.4 Å². The molecule has 0 amide bonds. The number of carbonyl (C=O) groups excluding carboxylic acids is 2. The Morgan fingerprint density at radius 1 is 1.00 bits per heavy atom. The molecule has 2 rings (SSSR count). The average Bonchev–Trinajstić information content (AvgIpc) is 2.77. The van der Waals surface area contributed by atoms with Gasteiger partial charge < -0.3 is 15.2 Å². The van der Waals surface area contributed by atoms with Gasteiger partial charge in [0.2, 0.25) is 0 Å². The Hall–Kier alpha value is -2.82. The maximum absolute atomic E-state index is 13.2. The molecule has 0 atom stereocenters. The Bertz CT molecular complexity index is 846. The van der Waals surface area contributed by atoms with E-state index in [0.29, 0.717) is 30.8 Å². The van der Waals surface area contributed by atoms with Crippen molar-refractivity contribution in [3.05, 3.63) is 58.7 Å². The Morgan fingerprint density at radius 3 is 2.37 bits per heavy atom. The molecule has 0 radical (unpaired) electrons. The van der Waals surface area contributed by atoms with Crippen molar-refractivity contribution < 1.29 is 19.4 Å². The van der Waals surface area contributed by atoms with Gasteiger partial charge in [-0.2, -0.15) is 0 Å². The largest absolute Gasteiger partial charge is 0.505 e. The molecular formula is C25H33NO4. The third kappa shape index (κ3) is 5.85. The predicted octanol–water partition coefficient (Wildman–Crippen LogP) is 5.74. The number of rotatable bonds is 12. The Balaban J connectivity index is 2.46. The molecule has 0 spiro atoms. The molecule has 0 heterocycles. The van der Waals surface area contributed by atoms with Crippen molar-refractivity contribution in [3.63, 3.8) is 0 Å². The highest BCUT2D eigenvalue weighted by Crippen LogP contribution is 2.36. The number of phenolic OH excluding ortho intramolecular Hbond substituents is 1. The lowest BCUT2D eigenvalue weighted by Gasteiger charge is -2.18. The summed E-state index contributed by atoms with van der Waals surface area (Å²) in [5.41, 5.74) is 1.82. The lowest BCUT2D eigenvalue weighted by atomic mass is 9.93. The number of nitrogens with one attached hydrogen (secondary N) is 1. The zero-order valence-corrected chi connectivity index (χ0v) is 18.3. The number of benzene rings is 2. The monoisotopic (exact) mass is 411 g/mol. The van der Waals surface area contributed by atoms with Crippen LogP contribution in [-0.4, -0.2) is 30.0 Å². The first kappa shape index (κ1) is 23.5. The quantitative estimate of drug-likeness (QED) is 0.201. The molecule has 0 unspecified atom stereocenters. The van der Waals surface area contributed by atoms with Gasteiger partial charge in [0.15, 0.2) is 11.5 Å². The molecule has 0 aliphatic carbocycles. The van der Waals surface area contributed by atoms with Gasteiger partial charge in [-0.25, -0.2) is 4.79 Å². The second kappa shape index (κ2) is 12.0. The van der Waals surface area contributed by atoms with E-state index in [0.717, 1.165) is 37.7 Å². The summed E-state index contributed by atoms with van der Waals surface area (Å²) in [4.78, 5) is 26.1. The molecule has 2 aromatic rings. The van der Waals surface area contributed by atoms with Crippen molar-refractivity contribution in [3.8, 4) is 5.75 Å². The van der Waals surface area contributed by atoms with E-state index in [1.165, 1.54) is 0 Å². The number of phenols is 1. The van der Waals surface area contributed by atoms with Crippen LogP contribution in [0.1, 0.15) is 84.7 Å². The minimum absolute atomic E-state index is 0.00411. The molecule has 2 aromatic carbocycles. The minimum atomic E-state index is -0.571. The maximum atomic E-state index is 13.2. The van der Waals surface area contributed by atoms with Crippen LogP contribution in [-0.2, 0) is 11.2 Å². The fraction of sp³-hybridized carbons (Fsp3) is 0.440. The van der Waals surface area contributed by atoms with Crippen molar-refractivity contribution in [1.82, 2.24) is 0 Å². The van der Waals surface area contributed by atoms with Crippen molar-refractivity contribution in [2.75, 3.05) is 18.5 Å². The molecule has 0 aliphatic heterocycles. The molecule has 2 N–H and O–H groups in total. The molecule has 30 heavy (non-hydrogen) atoms. The van der Waals surface area contributed by atoms with E-state index in [4.69, 9.17) is 4.74 Å². The fourth-order valence-corrected chi connectivity index (χ4v) is 3.35. The molecule has 5 heteroatoms. The smallest absolute Gasteiger partial charge is 0.339 e. The third-order valence-electron chi connectivity index (χ3n) is 5.03. The summed E-state index contributed by atoms with van der Waals surface area (Å²) >= 11 is 0. The van der Waals surface area contributed by atoms with E-state index in [-0.39, 0.29) is 16.9 Å². The van der Waals surface area contributed by atoms with Crippen molar-refractivity contribution in [2.45, 2.75) is 59.3 Å². The summed E-state index contributed by atoms with van der Waals surface area (Å²) in [5.74, 6) is -1.15. The SMILES string of the molecule is CCCCCCOC(=O)c1cc(CC)c(NCCC)c(O)c1C(=O)c1ccccc1. The number of anilines is 1. The van der Waals surface area contributed by atoms with Crippen LogP contribution in [0.3, 0.4) is 0 Å². The first-order chi connectivity index (χ1) is 14.5. The number of carbonyl (C=O) groups is 2. The summed E-state index contributed by atoms with van der Waals surface area (Å²) < 4.78 is 5.45. The molecule has 162 valence electrons. The Kier molecular flexibility index (Phi) is 9.39. The Labute approximate surface area is 179 Å². The van der Waals surface area contributed by atoms with Gasteiger partial charge in [-0.1, -0.05) is 70.4 Å². The number of hydrogen-bond acceptors (Lipinski definition) is 5. The van der Waals surface area contributed by atoms with Crippen molar-refractivity contribution in [2.24, 2.45) is 0 Å². The van der Waals surface area contributed by atoms with Gasteiger partial charge in [0.25, 0.3) is 0 Å². The summed E-state index contributed by atoms with van der Waals surface area (Å²) in [6, 6.07) is 10.4. The van der Waals surface area contributed by atoms with Gasteiger partial charge in [-0.15, -0.1) is 0 Å². The second-order valence-corrected chi connectivity index (χ2v) is 7.35. The standard InChI is InChI=1S/C25H33NO4/c1-4-7-8-12-16-30-25(29)20-17-18(6-3)22(26-15-5-2)24(28)21(20)23(27)19-13-10-9-11-14-19/h9-11,13-14,17,26,28H,4-8,12,15-16H2,1-3H3. The Morgan fingerprint density at radius 2 is 1.73 bits per heavy atom. The van der Waals surface area contributed by atoms with Gasteiger partial charge in [0, 0.05) is 12.1 Å². The number of ketones is 1. The average molecular weight is 412 g/mol. The molecule has 0 fully saturated rings. The number of unbranched alkanes of at least 4 members (excludes halogenated alkanes) is 3. The lowest BCUT2D eigenvalue weighted by Crippen LogP contribution is -2.16. The summed E-state index contributed by atoms with van der Waals surface area (Å²) in [6.07, 6.45) is 5.44. The van der Waals surface area contributed by atoms with Crippen LogP contribution < -0.4 is 5.32 Å². The van der Waals surface area contributed by atoms with Crippen LogP contribution in [0.2, 0.25) is 0 Å². The van der Waals surface area contributed by atoms with Gasteiger partial charge >= 0.3 is 5.97 Å². The molecular weight excluding hydrogens is 378 g/mol. The van der Waals surface area contributed by atoms with E-state index in [2.05, 4.69) is 12.2 Å². The highest BCUT2D eigenvalue weighted by atomic mass is 16.5. The van der Waals surface area contributed by atoms with Gasteiger partial charge in [-0.3, -0.25) is 4.79 Å². The number of aromatic hydroxyl groups is 1. The highest BCUT2D eigenvalue weighted by molar-refractivity contribution is 6.17. The normalized spacial score (nSPS) is 10.6. The van der Waals surface area contributed by atoms with E-state index < -0.39 is 11.8 Å². The predicted molar refractivity (Wildman–Crippen MR) is 121 cm³/mol. The van der Waals surface area contributed by atoms with E-state index in [1.807, 2.05) is 19.9 Å². The van der Waals surface area contributed by atoms with Crippen molar-refractivity contribution in [1.29, 1.82) is 0 Å². The molecule has 5 nitrogen and oxygen atoms in total. The molecule has 0 saturated heterocycles. The van der Waals surface area contributed by atoms with Gasteiger partial charge in [-0.05, 0) is 30.9 Å². The first-order valence-corrected chi connectivity index (χ1v) is 10.9. The van der Waals surface area contributed by atoms with Crippen LogP contribution >= 0.6 is 0 Å². The van der Waals surface area contributed by atoms with Gasteiger partial charge in [0.1, 0.15) is 0 Å². The molecule has 0 bridgehead atoms. The summed E-state index contributed by atoms with van der Waals surface area (Å²) in [7, 11) is 0. The second-order valence-electron chi connectivity index (χ2n) is 7.35. The number of esters is 1. The number of hydrogen-bond donors (Lipinski definition) is 2. The number of aryl methyl sites for hydroxylation is 1. The zero-order valence-electron chi connectivity index (χ0n) is 18.3. The van der Waals surface area contributed by atoms with Crippen LogP contribution in [0, 0.1) is 0 Å². The minimum Gasteiger partial charge on any atom is -0.505 e. The van der Waals surface area contributed by atoms with Crippen LogP contribution in [0.15, 0.2) is 36.4 Å². The van der Waals surface area contributed by atoms with Crippen LogP contribution in [0.5, 0.6) is 5.75 Å². The summed E-state index contributed by atoms with van der Waals surface area (Å²) in [6.45, 7) is 7.05. The fourth-order valence-electron chi connectivity index (χ4n) is 3.35. The van der Waals surface area contributed by atoms with E-state index in [9.17, 15) is 14.7 Å². The maximum Gasteiger partial charge on any atom is 0.339 e. The van der Waals surface area contributed by atoms with Crippen LogP contribution in [0.4, 0.5) is 5.69 Å².